The number of aliphatic hydroxyl groups excluding tert-OH is 1. The summed E-state index contributed by atoms with van der Waals surface area (Å²) in [7, 11) is -3.18. The van der Waals surface area contributed by atoms with E-state index in [1.807, 2.05) is 61.5 Å². The minimum absolute atomic E-state index is 0.0467. The van der Waals surface area contributed by atoms with E-state index in [9.17, 15) is 29.6 Å². The Bertz CT molecular complexity index is 2110. The number of para-hydroxylation sites is 2. The van der Waals surface area contributed by atoms with Crippen LogP contribution in [0.15, 0.2) is 97.1 Å². The number of non-ortho nitro benzene ring substituents is 1. The molecular weight excluding hydrogens is 709 g/mol. The smallest absolute Gasteiger partial charge is 0.269 e. The second kappa shape index (κ2) is 14.4. The van der Waals surface area contributed by atoms with Crippen LogP contribution < -0.4 is 14.5 Å². The lowest BCUT2D eigenvalue weighted by molar-refractivity contribution is -0.385. The molecule has 3 aliphatic heterocycles. The fourth-order valence-electron chi connectivity index (χ4n) is 8.42. The van der Waals surface area contributed by atoms with Crippen LogP contribution in [0.4, 0.5) is 22.7 Å². The molecule has 7 rings (SSSR count). The summed E-state index contributed by atoms with van der Waals surface area (Å²) in [5, 5.41) is 21.9. The number of aliphatic hydroxyl groups is 1. The van der Waals surface area contributed by atoms with E-state index in [2.05, 4.69) is 0 Å². The van der Waals surface area contributed by atoms with Crippen molar-refractivity contribution in [1.82, 2.24) is 4.90 Å². The zero-order chi connectivity index (χ0) is 38.4. The molecule has 0 aromatic heterocycles. The summed E-state index contributed by atoms with van der Waals surface area (Å²) in [5.41, 5.74) is 0.892. The van der Waals surface area contributed by atoms with Crippen LogP contribution in [-0.2, 0) is 37.8 Å². The van der Waals surface area contributed by atoms with E-state index in [0.29, 0.717) is 33.9 Å². The Morgan fingerprint density at radius 1 is 0.981 bits per heavy atom. The van der Waals surface area contributed by atoms with E-state index in [1.54, 1.807) is 48.3 Å². The van der Waals surface area contributed by atoms with E-state index in [4.69, 9.17) is 9.47 Å². The van der Waals surface area contributed by atoms with Crippen LogP contribution in [-0.4, -0.2) is 71.6 Å². The highest BCUT2D eigenvalue weighted by Gasteiger charge is 2.66. The molecular formula is C40H42N4O9Si. The number of rotatable bonds is 11. The van der Waals surface area contributed by atoms with Gasteiger partial charge in [-0.3, -0.25) is 29.4 Å². The Morgan fingerprint density at radius 3 is 2.43 bits per heavy atom. The van der Waals surface area contributed by atoms with Gasteiger partial charge in [0.05, 0.1) is 42.0 Å². The van der Waals surface area contributed by atoms with Crippen LogP contribution in [0.2, 0.25) is 18.6 Å². The molecule has 4 atom stereocenters. The first kappa shape index (κ1) is 36.9. The molecule has 1 saturated heterocycles. The Labute approximate surface area is 313 Å². The second-order valence-corrected chi connectivity index (χ2v) is 18.6. The zero-order valence-corrected chi connectivity index (χ0v) is 31.3. The summed E-state index contributed by atoms with van der Waals surface area (Å²) < 4.78 is 12.4. The first-order chi connectivity index (χ1) is 25.8. The molecule has 54 heavy (non-hydrogen) atoms. The summed E-state index contributed by atoms with van der Waals surface area (Å²) in [6, 6.07) is 28.1. The van der Waals surface area contributed by atoms with Crippen molar-refractivity contribution >= 4 is 48.8 Å². The van der Waals surface area contributed by atoms with Crippen LogP contribution in [0.5, 0.6) is 5.75 Å². The predicted molar refractivity (Wildman–Crippen MR) is 203 cm³/mol. The van der Waals surface area contributed by atoms with Gasteiger partial charge in [-0.15, -0.1) is 0 Å². The molecule has 0 aliphatic carbocycles. The number of hydrogen-bond donors (Lipinski definition) is 2. The topological polar surface area (TPSA) is 163 Å². The number of anilines is 3. The monoisotopic (exact) mass is 750 g/mol. The fourth-order valence-corrected chi connectivity index (χ4v) is 11.0. The van der Waals surface area contributed by atoms with Crippen LogP contribution in [0.3, 0.4) is 0 Å². The van der Waals surface area contributed by atoms with Gasteiger partial charge in [0.2, 0.25) is 5.91 Å². The number of amides is 3. The maximum atomic E-state index is 15.0. The molecule has 280 valence electrons. The van der Waals surface area contributed by atoms with E-state index < -0.39 is 42.3 Å². The van der Waals surface area contributed by atoms with Gasteiger partial charge in [0, 0.05) is 47.9 Å². The van der Waals surface area contributed by atoms with E-state index in [-0.39, 0.29) is 56.8 Å². The minimum Gasteiger partial charge on any atom is -0.482 e. The predicted octanol–water partition coefficient (Wildman–Crippen LogP) is 5.41. The number of nitrogens with zero attached hydrogens (tertiary/aromatic N) is 4. The number of carbonyl (C=O) groups excluding carboxylic acids is 3. The molecule has 13 nitrogen and oxygen atoms in total. The van der Waals surface area contributed by atoms with Gasteiger partial charge in [-0.25, -0.2) is 0 Å². The van der Waals surface area contributed by atoms with Crippen molar-refractivity contribution in [2.24, 2.45) is 5.92 Å². The maximum absolute atomic E-state index is 15.0. The number of ether oxygens (including phenoxy) is 2. The number of benzene rings is 4. The first-order valence-corrected chi connectivity index (χ1v) is 20.9. The molecule has 0 unspecified atom stereocenters. The standard InChI is InChI=1S/C40H42N4O9Si/c1-26-38(54(2,3)51)35(22-36(46)41(18-19-45)23-27-10-5-4-6-11-27)53-40(26)31-21-30(44(49)50)16-17-32(31)42(39(40)48)24-28-12-9-13-29(20-28)43-33-14-7-8-15-34(33)52-25-37(43)47/h4-17,20-21,26,35,38,45,51H,18-19,22-25H2,1-3H3/t26-,35+,38-,40+/m0/s1. The number of carbonyl (C=O) groups is 3. The van der Waals surface area contributed by atoms with Crippen LogP contribution in [0, 0.1) is 16.0 Å². The Morgan fingerprint density at radius 2 is 1.70 bits per heavy atom. The van der Waals surface area contributed by atoms with Gasteiger partial charge in [-0.05, 0) is 54.6 Å². The van der Waals surface area contributed by atoms with Gasteiger partial charge in [-0.1, -0.05) is 61.5 Å². The largest absolute Gasteiger partial charge is 0.482 e. The van der Waals surface area contributed by atoms with Gasteiger partial charge >= 0.3 is 0 Å². The Hall–Kier alpha value is -5.41. The SMILES string of the molecule is C[C@H]1[C@H]([Si](C)(C)O)[C@@H](CC(=O)N(CCO)Cc2ccccc2)O[C@]12C(=O)N(Cc1cccc(N3C(=O)COc4ccccc43)c1)c1ccc([N+](=O)[O-])cc12. The third-order valence-corrected chi connectivity index (χ3v) is 13.2. The summed E-state index contributed by atoms with van der Waals surface area (Å²) in [6.07, 6.45) is -1.07. The van der Waals surface area contributed by atoms with Crippen molar-refractivity contribution in [3.8, 4) is 5.75 Å². The molecule has 1 spiro atoms. The average molecular weight is 751 g/mol. The fraction of sp³-hybridized carbons (Fsp3) is 0.325. The highest BCUT2D eigenvalue weighted by molar-refractivity contribution is 6.71. The minimum atomic E-state index is -3.18. The lowest BCUT2D eigenvalue weighted by Crippen LogP contribution is -2.46. The van der Waals surface area contributed by atoms with Gasteiger partial charge < -0.3 is 29.2 Å². The lowest BCUT2D eigenvalue weighted by atomic mass is 9.82. The van der Waals surface area contributed by atoms with Crippen LogP contribution >= 0.6 is 0 Å². The molecule has 3 aliphatic rings. The highest BCUT2D eigenvalue weighted by atomic mass is 28.4. The molecule has 3 amide bonds. The summed E-state index contributed by atoms with van der Waals surface area (Å²) in [4.78, 5) is 70.0. The number of nitro benzene ring substituents is 1. The molecule has 14 heteroatoms. The van der Waals surface area contributed by atoms with Crippen molar-refractivity contribution in [2.75, 3.05) is 29.6 Å². The van der Waals surface area contributed by atoms with Gasteiger partial charge in [0.25, 0.3) is 17.5 Å². The zero-order valence-electron chi connectivity index (χ0n) is 30.3. The number of nitro groups is 1. The van der Waals surface area contributed by atoms with Crippen LogP contribution in [0.25, 0.3) is 0 Å². The normalized spacial score (nSPS) is 21.9. The first-order valence-electron chi connectivity index (χ1n) is 17.9. The molecule has 4 aromatic rings. The molecule has 0 radical (unpaired) electrons. The van der Waals surface area contributed by atoms with Crippen molar-refractivity contribution in [3.05, 3.63) is 124 Å². The third-order valence-electron chi connectivity index (χ3n) is 10.7. The van der Waals surface area contributed by atoms with E-state index >= 15 is 4.79 Å². The van der Waals surface area contributed by atoms with Crippen LogP contribution in [0.1, 0.15) is 30.0 Å². The highest BCUT2D eigenvalue weighted by Crippen LogP contribution is 2.60. The van der Waals surface area contributed by atoms with Gasteiger partial charge in [-0.2, -0.15) is 0 Å². The number of hydrogen-bond acceptors (Lipinski definition) is 9. The molecule has 0 saturated carbocycles. The van der Waals surface area contributed by atoms with Crippen molar-refractivity contribution in [3.63, 3.8) is 0 Å². The third kappa shape index (κ3) is 6.55. The summed E-state index contributed by atoms with van der Waals surface area (Å²) in [6.45, 7) is 5.28. The molecule has 1 fully saturated rings. The summed E-state index contributed by atoms with van der Waals surface area (Å²) >= 11 is 0. The average Bonchev–Trinajstić information content (AvgIpc) is 3.57. The molecule has 0 bridgehead atoms. The number of fused-ring (bicyclic) bond motifs is 3. The van der Waals surface area contributed by atoms with Gasteiger partial charge in [0.1, 0.15) is 5.75 Å². The maximum Gasteiger partial charge on any atom is 0.269 e. The Balaban J connectivity index is 1.24. The molecule has 4 aromatic carbocycles. The van der Waals surface area contributed by atoms with Crippen molar-refractivity contribution in [1.29, 1.82) is 0 Å². The van der Waals surface area contributed by atoms with E-state index in [1.165, 1.54) is 21.9 Å². The van der Waals surface area contributed by atoms with E-state index in [0.717, 1.165) is 5.56 Å². The second-order valence-electron chi connectivity index (χ2n) is 14.6. The van der Waals surface area contributed by atoms with Crippen molar-refractivity contribution in [2.45, 2.75) is 56.8 Å². The summed E-state index contributed by atoms with van der Waals surface area (Å²) in [5.74, 6) is -1.13. The van der Waals surface area contributed by atoms with Gasteiger partial charge in [0.15, 0.2) is 20.5 Å². The molecule has 2 N–H and O–H groups in total. The lowest BCUT2D eigenvalue weighted by Gasteiger charge is -2.32. The molecule has 3 heterocycles. The van der Waals surface area contributed by atoms with Crippen molar-refractivity contribution < 1.29 is 38.7 Å². The Kier molecular flexibility index (Phi) is 9.87. The quantitative estimate of drug-likeness (QED) is 0.116.